The molecule has 5 nitrogen and oxygen atoms in total. The Balaban J connectivity index is 1.64. The SMILES string of the molecule is CC1(C)C[C@](CCNC(=O)Nc2cncc(F)c2)(c2ccccc2)CCO1. The number of amides is 2. The van der Waals surface area contributed by atoms with Crippen molar-refractivity contribution >= 4 is 11.7 Å². The molecule has 144 valence electrons. The molecule has 1 aliphatic rings. The minimum absolute atomic E-state index is 0.0449. The van der Waals surface area contributed by atoms with Crippen molar-refractivity contribution in [3.63, 3.8) is 0 Å². The van der Waals surface area contributed by atoms with Gasteiger partial charge in [0.05, 0.1) is 23.7 Å². The molecule has 27 heavy (non-hydrogen) atoms. The molecule has 1 atom stereocenters. The van der Waals surface area contributed by atoms with Gasteiger partial charge in [-0.05, 0) is 38.7 Å². The van der Waals surface area contributed by atoms with Crippen LogP contribution in [0.1, 0.15) is 38.7 Å². The fraction of sp³-hybridized carbons (Fsp3) is 0.429. The highest BCUT2D eigenvalue weighted by molar-refractivity contribution is 5.88. The second-order valence-electron chi connectivity index (χ2n) is 7.70. The van der Waals surface area contributed by atoms with E-state index in [2.05, 4.69) is 53.7 Å². The van der Waals surface area contributed by atoms with Crippen molar-refractivity contribution in [2.24, 2.45) is 0 Å². The fourth-order valence-electron chi connectivity index (χ4n) is 3.94. The summed E-state index contributed by atoms with van der Waals surface area (Å²) >= 11 is 0. The molecule has 0 aliphatic carbocycles. The Bertz CT molecular complexity index is 782. The quantitative estimate of drug-likeness (QED) is 0.825. The van der Waals surface area contributed by atoms with Crippen LogP contribution in [0.25, 0.3) is 0 Å². The zero-order chi connectivity index (χ0) is 19.3. The molecule has 2 aromatic rings. The molecule has 0 radical (unpaired) electrons. The van der Waals surface area contributed by atoms with E-state index in [1.165, 1.54) is 17.8 Å². The number of urea groups is 1. The molecule has 2 N–H and O–H groups in total. The maximum Gasteiger partial charge on any atom is 0.319 e. The molecule has 0 bridgehead atoms. The van der Waals surface area contributed by atoms with Crippen LogP contribution < -0.4 is 10.6 Å². The average molecular weight is 371 g/mol. The lowest BCUT2D eigenvalue weighted by atomic mass is 9.67. The number of pyridine rings is 1. The summed E-state index contributed by atoms with van der Waals surface area (Å²) in [5, 5.41) is 5.49. The topological polar surface area (TPSA) is 63.2 Å². The summed E-state index contributed by atoms with van der Waals surface area (Å²) in [5.41, 5.74) is 1.36. The number of benzene rings is 1. The summed E-state index contributed by atoms with van der Waals surface area (Å²) in [6.07, 6.45) is 5.12. The number of carbonyl (C=O) groups is 1. The summed E-state index contributed by atoms with van der Waals surface area (Å²) in [6, 6.07) is 11.3. The predicted molar refractivity (Wildman–Crippen MR) is 103 cm³/mol. The zero-order valence-corrected chi connectivity index (χ0v) is 15.8. The van der Waals surface area contributed by atoms with Crippen LogP contribution in [0.5, 0.6) is 0 Å². The monoisotopic (exact) mass is 371 g/mol. The van der Waals surface area contributed by atoms with Crippen molar-refractivity contribution in [2.75, 3.05) is 18.5 Å². The first-order valence-corrected chi connectivity index (χ1v) is 9.24. The van der Waals surface area contributed by atoms with Crippen molar-refractivity contribution in [1.82, 2.24) is 10.3 Å². The van der Waals surface area contributed by atoms with Gasteiger partial charge in [0.25, 0.3) is 0 Å². The van der Waals surface area contributed by atoms with Crippen LogP contribution in [-0.4, -0.2) is 29.8 Å². The minimum Gasteiger partial charge on any atom is -0.376 e. The van der Waals surface area contributed by atoms with Crippen LogP contribution in [-0.2, 0) is 10.2 Å². The highest BCUT2D eigenvalue weighted by atomic mass is 19.1. The fourth-order valence-corrected chi connectivity index (χ4v) is 3.94. The van der Waals surface area contributed by atoms with Gasteiger partial charge in [-0.25, -0.2) is 9.18 Å². The van der Waals surface area contributed by atoms with E-state index >= 15 is 0 Å². The molecule has 1 aliphatic heterocycles. The van der Waals surface area contributed by atoms with Gasteiger partial charge in [-0.3, -0.25) is 4.98 Å². The zero-order valence-electron chi connectivity index (χ0n) is 15.8. The Morgan fingerprint density at radius 3 is 2.74 bits per heavy atom. The van der Waals surface area contributed by atoms with Gasteiger partial charge >= 0.3 is 6.03 Å². The largest absolute Gasteiger partial charge is 0.376 e. The number of halogens is 1. The van der Waals surface area contributed by atoms with Crippen LogP contribution in [0.4, 0.5) is 14.9 Å². The summed E-state index contributed by atoms with van der Waals surface area (Å²) in [7, 11) is 0. The van der Waals surface area contributed by atoms with Gasteiger partial charge in [0, 0.05) is 24.6 Å². The van der Waals surface area contributed by atoms with Crippen LogP contribution in [0.15, 0.2) is 48.8 Å². The smallest absolute Gasteiger partial charge is 0.319 e. The van der Waals surface area contributed by atoms with Gasteiger partial charge in [-0.15, -0.1) is 0 Å². The van der Waals surface area contributed by atoms with Gasteiger partial charge < -0.3 is 15.4 Å². The van der Waals surface area contributed by atoms with E-state index in [1.54, 1.807) is 0 Å². The van der Waals surface area contributed by atoms with Gasteiger partial charge in [0.2, 0.25) is 0 Å². The molecule has 2 heterocycles. The number of nitrogens with zero attached hydrogens (tertiary/aromatic N) is 1. The number of carbonyl (C=O) groups excluding carboxylic acids is 1. The number of ether oxygens (including phenoxy) is 1. The number of nitrogens with one attached hydrogen (secondary N) is 2. The van der Waals surface area contributed by atoms with Crippen molar-refractivity contribution in [1.29, 1.82) is 0 Å². The molecule has 2 amide bonds. The Morgan fingerprint density at radius 2 is 2.04 bits per heavy atom. The van der Waals surface area contributed by atoms with Crippen LogP contribution in [0.3, 0.4) is 0 Å². The number of hydrogen-bond acceptors (Lipinski definition) is 3. The van der Waals surface area contributed by atoms with Crippen molar-refractivity contribution in [3.8, 4) is 0 Å². The lowest BCUT2D eigenvalue weighted by molar-refractivity contribution is -0.0838. The van der Waals surface area contributed by atoms with Gasteiger partial charge in [-0.1, -0.05) is 30.3 Å². The average Bonchev–Trinajstić information content (AvgIpc) is 2.61. The first-order valence-electron chi connectivity index (χ1n) is 9.24. The molecular weight excluding hydrogens is 345 g/mol. The minimum atomic E-state index is -0.486. The molecule has 1 aromatic heterocycles. The molecule has 0 spiro atoms. The summed E-state index contributed by atoms with van der Waals surface area (Å²) < 4.78 is 19.1. The van der Waals surface area contributed by atoms with Gasteiger partial charge in [-0.2, -0.15) is 0 Å². The summed E-state index contributed by atoms with van der Waals surface area (Å²) in [5.74, 6) is -0.486. The molecular formula is C21H26FN3O2. The Kier molecular flexibility index (Phi) is 5.75. The lowest BCUT2D eigenvalue weighted by Crippen LogP contribution is -2.46. The molecule has 1 saturated heterocycles. The molecule has 1 aromatic carbocycles. The normalized spacial score (nSPS) is 21.4. The van der Waals surface area contributed by atoms with Crippen molar-refractivity contribution < 1.29 is 13.9 Å². The second kappa shape index (κ2) is 8.05. The third kappa shape index (κ3) is 5.04. The van der Waals surface area contributed by atoms with E-state index in [0.717, 1.165) is 25.5 Å². The summed E-state index contributed by atoms with van der Waals surface area (Å²) in [6.45, 7) is 5.43. The number of aromatic nitrogens is 1. The number of anilines is 1. The van der Waals surface area contributed by atoms with Gasteiger partial charge in [0.1, 0.15) is 5.82 Å². The van der Waals surface area contributed by atoms with E-state index in [1.807, 2.05) is 6.07 Å². The van der Waals surface area contributed by atoms with E-state index in [9.17, 15) is 9.18 Å². The van der Waals surface area contributed by atoms with E-state index in [-0.39, 0.29) is 17.0 Å². The third-order valence-corrected chi connectivity index (χ3v) is 5.08. The summed E-state index contributed by atoms with van der Waals surface area (Å²) in [4.78, 5) is 15.9. The van der Waals surface area contributed by atoms with Crippen LogP contribution in [0.2, 0.25) is 0 Å². The first-order chi connectivity index (χ1) is 12.9. The number of rotatable bonds is 5. The predicted octanol–water partition coefficient (Wildman–Crippen LogP) is 4.26. The molecule has 0 saturated carbocycles. The first kappa shape index (κ1) is 19.3. The Hall–Kier alpha value is -2.47. The van der Waals surface area contributed by atoms with Crippen molar-refractivity contribution in [2.45, 2.75) is 44.1 Å². The van der Waals surface area contributed by atoms with Crippen LogP contribution >= 0.6 is 0 Å². The second-order valence-corrected chi connectivity index (χ2v) is 7.70. The standard InChI is InChI=1S/C21H26FN3O2/c1-20(2)15-21(9-11-27-20,16-6-4-3-5-7-16)8-10-24-19(26)25-18-12-17(22)13-23-14-18/h3-7,12-14H,8-11,15H2,1-2H3,(H2,24,25,26)/t21-/m1/s1. The van der Waals surface area contributed by atoms with E-state index in [4.69, 9.17) is 4.74 Å². The third-order valence-electron chi connectivity index (χ3n) is 5.08. The Labute approximate surface area is 159 Å². The van der Waals surface area contributed by atoms with Crippen LogP contribution in [0, 0.1) is 5.82 Å². The molecule has 1 fully saturated rings. The lowest BCUT2D eigenvalue weighted by Gasteiger charge is -2.45. The number of hydrogen-bond donors (Lipinski definition) is 2. The molecule has 3 rings (SSSR count). The molecule has 6 heteroatoms. The maximum absolute atomic E-state index is 13.2. The highest BCUT2D eigenvalue weighted by Crippen LogP contribution is 2.43. The molecule has 0 unspecified atom stereocenters. The Morgan fingerprint density at radius 1 is 1.26 bits per heavy atom. The van der Waals surface area contributed by atoms with Crippen molar-refractivity contribution in [3.05, 3.63) is 60.2 Å². The highest BCUT2D eigenvalue weighted by Gasteiger charge is 2.41. The van der Waals surface area contributed by atoms with E-state index in [0.29, 0.717) is 18.8 Å². The van der Waals surface area contributed by atoms with E-state index < -0.39 is 5.82 Å². The maximum atomic E-state index is 13.2. The van der Waals surface area contributed by atoms with Gasteiger partial charge in [0.15, 0.2) is 0 Å².